The lowest BCUT2D eigenvalue weighted by Gasteiger charge is -2.00. The molecule has 1 heterocycles. The molecule has 92 valence electrons. The molecule has 0 saturated heterocycles. The molecule has 17 heavy (non-hydrogen) atoms. The van der Waals surface area contributed by atoms with E-state index >= 15 is 0 Å². The molecule has 1 aromatic carbocycles. The van der Waals surface area contributed by atoms with Gasteiger partial charge in [0.05, 0.1) is 5.71 Å². The van der Waals surface area contributed by atoms with Crippen LogP contribution in [-0.2, 0) is 0 Å². The van der Waals surface area contributed by atoms with Gasteiger partial charge in [0.25, 0.3) is 0 Å². The maximum Gasteiger partial charge on any atom is 0.231 e. The third-order valence-electron chi connectivity index (χ3n) is 2.11. The fourth-order valence-corrected chi connectivity index (χ4v) is 1.31. The Morgan fingerprint density at radius 1 is 1.18 bits per heavy atom. The summed E-state index contributed by atoms with van der Waals surface area (Å²) in [6.07, 6.45) is 0. The highest BCUT2D eigenvalue weighted by Gasteiger charge is 2.13. The minimum atomic E-state index is -0.0694. The molecule has 2 rings (SSSR count). The van der Waals surface area contributed by atoms with Gasteiger partial charge < -0.3 is 20.9 Å². The molecule has 1 aliphatic rings. The number of nitrogens with two attached hydrogens (primary N) is 2. The second-order valence-electron chi connectivity index (χ2n) is 3.28. The summed E-state index contributed by atoms with van der Waals surface area (Å²) in [7, 11) is 0. The Balaban J connectivity index is 0.00000144. The second kappa shape index (κ2) is 5.40. The van der Waals surface area contributed by atoms with Crippen molar-refractivity contribution in [1.82, 2.24) is 0 Å². The van der Waals surface area contributed by atoms with E-state index < -0.39 is 0 Å². The van der Waals surface area contributed by atoms with E-state index in [0.717, 1.165) is 11.3 Å². The normalized spacial score (nSPS) is 12.9. The zero-order valence-corrected chi connectivity index (χ0v) is 10.0. The number of halogens is 1. The highest BCUT2D eigenvalue weighted by molar-refractivity contribution is 5.99. The van der Waals surface area contributed by atoms with Crippen molar-refractivity contribution < 1.29 is 9.47 Å². The van der Waals surface area contributed by atoms with Gasteiger partial charge in [-0.05, 0) is 25.1 Å². The van der Waals surface area contributed by atoms with Crippen LogP contribution < -0.4 is 20.9 Å². The first kappa shape index (κ1) is 13.1. The smallest absolute Gasteiger partial charge is 0.231 e. The Hall–Kier alpha value is -1.95. The van der Waals surface area contributed by atoms with Crippen molar-refractivity contribution in [2.24, 2.45) is 21.7 Å². The largest absolute Gasteiger partial charge is 0.454 e. The Morgan fingerprint density at radius 3 is 2.59 bits per heavy atom. The summed E-state index contributed by atoms with van der Waals surface area (Å²) in [4.78, 5) is 0. The van der Waals surface area contributed by atoms with Crippen LogP contribution in [0.3, 0.4) is 0 Å². The summed E-state index contributed by atoms with van der Waals surface area (Å²) in [5.41, 5.74) is 12.0. The molecule has 0 radical (unpaired) electrons. The zero-order valence-electron chi connectivity index (χ0n) is 9.21. The molecule has 0 fully saturated rings. The third-order valence-corrected chi connectivity index (χ3v) is 2.11. The maximum atomic E-state index is 5.25. The van der Waals surface area contributed by atoms with Crippen LogP contribution >= 0.6 is 12.4 Å². The molecule has 0 aromatic heterocycles. The van der Waals surface area contributed by atoms with Gasteiger partial charge in [0, 0.05) is 5.56 Å². The highest BCUT2D eigenvalue weighted by Crippen LogP contribution is 2.32. The van der Waals surface area contributed by atoms with Crippen molar-refractivity contribution in [1.29, 1.82) is 0 Å². The van der Waals surface area contributed by atoms with Crippen molar-refractivity contribution in [3.8, 4) is 11.5 Å². The Kier molecular flexibility index (Phi) is 4.17. The molecule has 1 aromatic rings. The number of hydrogen-bond acceptors (Lipinski definition) is 4. The van der Waals surface area contributed by atoms with Crippen molar-refractivity contribution in [3.05, 3.63) is 23.8 Å². The summed E-state index contributed by atoms with van der Waals surface area (Å²) in [5, 5.41) is 7.46. The number of guanidine groups is 1. The molecular formula is C10H13ClN4O2. The predicted molar refractivity (Wildman–Crippen MR) is 67.8 cm³/mol. The van der Waals surface area contributed by atoms with E-state index in [1.54, 1.807) is 0 Å². The minimum Gasteiger partial charge on any atom is -0.454 e. The van der Waals surface area contributed by atoms with E-state index in [2.05, 4.69) is 10.2 Å². The van der Waals surface area contributed by atoms with Crippen molar-refractivity contribution in [2.75, 3.05) is 6.79 Å². The lowest BCUT2D eigenvalue weighted by molar-refractivity contribution is 0.174. The average Bonchev–Trinajstić information content (AvgIpc) is 2.72. The molecule has 0 spiro atoms. The fraction of sp³-hybridized carbons (Fsp3) is 0.200. The minimum absolute atomic E-state index is 0. The van der Waals surface area contributed by atoms with E-state index in [0.29, 0.717) is 11.5 Å². The van der Waals surface area contributed by atoms with Crippen LogP contribution in [0, 0.1) is 0 Å². The van der Waals surface area contributed by atoms with Gasteiger partial charge in [0.1, 0.15) is 0 Å². The van der Waals surface area contributed by atoms with Crippen LogP contribution in [0.2, 0.25) is 0 Å². The van der Waals surface area contributed by atoms with Gasteiger partial charge in [-0.1, -0.05) is 0 Å². The third kappa shape index (κ3) is 3.01. The van der Waals surface area contributed by atoms with Crippen molar-refractivity contribution >= 4 is 24.1 Å². The standard InChI is InChI=1S/C10H12N4O2.ClH/c1-6(13-14-10(11)12)7-2-3-8-9(4-7)16-5-15-8;/h2-4H,5H2,1H3,(H4,11,12,14);1H/b13-6+;. The highest BCUT2D eigenvalue weighted by atomic mass is 35.5. The van der Waals surface area contributed by atoms with Crippen LogP contribution in [0.1, 0.15) is 12.5 Å². The molecule has 0 amide bonds. The molecule has 0 unspecified atom stereocenters. The Bertz CT molecular complexity index is 469. The van der Waals surface area contributed by atoms with Gasteiger partial charge in [0.2, 0.25) is 12.8 Å². The van der Waals surface area contributed by atoms with Crippen LogP contribution in [0.25, 0.3) is 0 Å². The summed E-state index contributed by atoms with van der Waals surface area (Å²) >= 11 is 0. The van der Waals surface area contributed by atoms with Gasteiger partial charge in [0.15, 0.2) is 11.5 Å². The molecule has 7 heteroatoms. The zero-order chi connectivity index (χ0) is 11.5. The average molecular weight is 257 g/mol. The summed E-state index contributed by atoms with van der Waals surface area (Å²) in [6.45, 7) is 2.06. The Morgan fingerprint density at radius 2 is 1.88 bits per heavy atom. The molecule has 0 saturated carbocycles. The van der Waals surface area contributed by atoms with E-state index in [-0.39, 0.29) is 25.2 Å². The molecule has 1 aliphatic heterocycles. The number of ether oxygens (including phenoxy) is 2. The maximum absolute atomic E-state index is 5.25. The lowest BCUT2D eigenvalue weighted by Crippen LogP contribution is -2.22. The molecule has 6 nitrogen and oxygen atoms in total. The summed E-state index contributed by atoms with van der Waals surface area (Å²) < 4.78 is 10.5. The first-order valence-electron chi connectivity index (χ1n) is 4.70. The number of rotatable bonds is 2. The number of fused-ring (bicyclic) bond motifs is 1. The van der Waals surface area contributed by atoms with Crippen molar-refractivity contribution in [2.45, 2.75) is 6.92 Å². The van der Waals surface area contributed by atoms with Gasteiger partial charge in [-0.15, -0.1) is 17.5 Å². The van der Waals surface area contributed by atoms with E-state index in [9.17, 15) is 0 Å². The van der Waals surface area contributed by atoms with Crippen LogP contribution in [-0.4, -0.2) is 18.5 Å². The SMILES string of the molecule is C/C(=N\N=C(N)N)c1ccc2c(c1)OCO2.Cl. The topological polar surface area (TPSA) is 95.2 Å². The van der Waals surface area contributed by atoms with Crippen LogP contribution in [0.15, 0.2) is 28.4 Å². The van der Waals surface area contributed by atoms with Gasteiger partial charge in [-0.3, -0.25) is 0 Å². The van der Waals surface area contributed by atoms with Crippen molar-refractivity contribution in [3.63, 3.8) is 0 Å². The quantitative estimate of drug-likeness (QED) is 0.466. The summed E-state index contributed by atoms with van der Waals surface area (Å²) in [5.74, 6) is 1.37. The molecule has 4 N–H and O–H groups in total. The molecule has 0 aliphatic carbocycles. The van der Waals surface area contributed by atoms with Crippen LogP contribution in [0.5, 0.6) is 11.5 Å². The van der Waals surface area contributed by atoms with E-state index in [4.69, 9.17) is 20.9 Å². The Labute approximate surface area is 105 Å². The lowest BCUT2D eigenvalue weighted by atomic mass is 10.1. The molecule has 0 bridgehead atoms. The first-order chi connectivity index (χ1) is 7.66. The summed E-state index contributed by atoms with van der Waals surface area (Å²) in [6, 6.07) is 5.53. The molecular weight excluding hydrogens is 244 g/mol. The number of nitrogens with zero attached hydrogens (tertiary/aromatic N) is 2. The second-order valence-corrected chi connectivity index (χ2v) is 3.28. The van der Waals surface area contributed by atoms with Gasteiger partial charge in [-0.2, -0.15) is 5.10 Å². The van der Waals surface area contributed by atoms with Crippen LogP contribution in [0.4, 0.5) is 0 Å². The molecule has 0 atom stereocenters. The fourth-order valence-electron chi connectivity index (χ4n) is 1.31. The van der Waals surface area contributed by atoms with E-state index in [1.165, 1.54) is 0 Å². The van der Waals surface area contributed by atoms with E-state index in [1.807, 2.05) is 25.1 Å². The predicted octanol–water partition coefficient (Wildman–Crippen LogP) is 0.835. The number of hydrogen-bond donors (Lipinski definition) is 2. The first-order valence-corrected chi connectivity index (χ1v) is 4.70. The monoisotopic (exact) mass is 256 g/mol. The number of benzene rings is 1. The van der Waals surface area contributed by atoms with Gasteiger partial charge in [-0.25, -0.2) is 0 Å². The van der Waals surface area contributed by atoms with Gasteiger partial charge >= 0.3 is 0 Å².